The topological polar surface area (TPSA) is 54.0 Å². The molecule has 0 saturated carbocycles. The largest absolute Gasteiger partial charge is 0.492 e. The van der Waals surface area contributed by atoms with E-state index < -0.39 is 5.97 Å². The fraction of sp³-hybridized carbons (Fsp3) is 0.235. The van der Waals surface area contributed by atoms with Crippen LogP contribution in [-0.4, -0.2) is 27.3 Å². The van der Waals surface area contributed by atoms with Gasteiger partial charge in [-0.3, -0.25) is 0 Å². The van der Waals surface area contributed by atoms with E-state index in [4.69, 9.17) is 30.5 Å². The first kappa shape index (κ1) is 19.9. The van der Waals surface area contributed by atoms with Crippen LogP contribution >= 0.6 is 43.5 Å². The monoisotopic (exact) mass is 492 g/mol. The normalized spacial score (nSPS) is 10.3. The molecule has 25 heavy (non-hydrogen) atoms. The number of esters is 1. The molecule has 2 rings (SSSR count). The summed E-state index contributed by atoms with van der Waals surface area (Å²) < 4.78 is 22.2. The minimum absolute atomic E-state index is 0.103. The zero-order chi connectivity index (χ0) is 18.6. The smallest absolute Gasteiger partial charge is 0.341 e. The second-order valence-corrected chi connectivity index (χ2v) is 6.83. The molecule has 8 heteroatoms. The van der Waals surface area contributed by atoms with Gasteiger partial charge >= 0.3 is 5.97 Å². The number of rotatable bonds is 6. The highest BCUT2D eigenvalue weighted by molar-refractivity contribution is 9.11. The first-order chi connectivity index (χ1) is 11.9. The van der Waals surface area contributed by atoms with Crippen molar-refractivity contribution < 1.29 is 23.7 Å². The number of halogens is 3. The molecule has 0 bridgehead atoms. The molecule has 134 valence electrons. The molecule has 0 unspecified atom stereocenters. The van der Waals surface area contributed by atoms with Crippen molar-refractivity contribution in [3.63, 3.8) is 0 Å². The number of ether oxygens (including phenoxy) is 4. The maximum Gasteiger partial charge on any atom is 0.341 e. The van der Waals surface area contributed by atoms with Gasteiger partial charge in [-0.05, 0) is 49.6 Å². The van der Waals surface area contributed by atoms with Crippen LogP contribution in [0.4, 0.5) is 0 Å². The molecule has 0 fully saturated rings. The van der Waals surface area contributed by atoms with Crippen LogP contribution in [0.15, 0.2) is 33.2 Å². The van der Waals surface area contributed by atoms with Gasteiger partial charge in [-0.1, -0.05) is 23.7 Å². The maximum absolute atomic E-state index is 12.6. The van der Waals surface area contributed by atoms with E-state index in [1.54, 1.807) is 24.3 Å². The van der Waals surface area contributed by atoms with Crippen molar-refractivity contribution in [1.29, 1.82) is 0 Å². The van der Waals surface area contributed by atoms with Crippen LogP contribution in [0, 0.1) is 0 Å². The second-order valence-electron chi connectivity index (χ2n) is 4.81. The van der Waals surface area contributed by atoms with Crippen LogP contribution in [-0.2, 0) is 11.3 Å². The van der Waals surface area contributed by atoms with Crippen molar-refractivity contribution in [2.75, 3.05) is 21.3 Å². The van der Waals surface area contributed by atoms with E-state index in [-0.39, 0.29) is 12.2 Å². The second kappa shape index (κ2) is 8.78. The predicted octanol–water partition coefficient (Wildman–Crippen LogP) is 5.25. The Hall–Kier alpha value is -1.44. The molecule has 0 heterocycles. The van der Waals surface area contributed by atoms with Gasteiger partial charge in [0.2, 0.25) is 5.75 Å². The van der Waals surface area contributed by atoms with Crippen molar-refractivity contribution in [3.8, 4) is 17.2 Å². The van der Waals surface area contributed by atoms with E-state index >= 15 is 0 Å². The average Bonchev–Trinajstić information content (AvgIpc) is 2.60. The van der Waals surface area contributed by atoms with Crippen LogP contribution in [0.5, 0.6) is 17.2 Å². The first-order valence-corrected chi connectivity index (χ1v) is 8.99. The summed E-state index contributed by atoms with van der Waals surface area (Å²) in [5.74, 6) is 0.480. The SMILES string of the molecule is COc1c(Br)c(C(=O)OCc2ccc(Cl)cc2)c(Br)c(OC)c1OC. The highest BCUT2D eigenvalue weighted by Gasteiger charge is 2.28. The van der Waals surface area contributed by atoms with E-state index in [0.717, 1.165) is 5.56 Å². The molecular weight excluding hydrogens is 479 g/mol. The molecule has 0 atom stereocenters. The minimum Gasteiger partial charge on any atom is -0.492 e. The Labute approximate surface area is 167 Å². The van der Waals surface area contributed by atoms with Crippen molar-refractivity contribution >= 4 is 49.4 Å². The molecule has 0 spiro atoms. The Bertz CT molecular complexity index is 747. The lowest BCUT2D eigenvalue weighted by atomic mass is 10.1. The summed E-state index contributed by atoms with van der Waals surface area (Å²) in [5.41, 5.74) is 1.06. The molecule has 5 nitrogen and oxygen atoms in total. The maximum atomic E-state index is 12.6. The van der Waals surface area contributed by atoms with Crippen LogP contribution in [0.2, 0.25) is 5.02 Å². The Balaban J connectivity index is 2.36. The average molecular weight is 495 g/mol. The van der Waals surface area contributed by atoms with Gasteiger partial charge in [0.15, 0.2) is 11.5 Å². The molecule has 0 aromatic heterocycles. The van der Waals surface area contributed by atoms with Gasteiger partial charge < -0.3 is 18.9 Å². The van der Waals surface area contributed by atoms with E-state index in [2.05, 4.69) is 31.9 Å². The summed E-state index contributed by atoms with van der Waals surface area (Å²) in [6.45, 7) is 0.103. The van der Waals surface area contributed by atoms with Gasteiger partial charge in [0.25, 0.3) is 0 Å². The first-order valence-electron chi connectivity index (χ1n) is 7.03. The third kappa shape index (κ3) is 4.22. The van der Waals surface area contributed by atoms with E-state index in [1.165, 1.54) is 21.3 Å². The number of hydrogen-bond donors (Lipinski definition) is 0. The summed E-state index contributed by atoms with van der Waals surface area (Å²) in [4.78, 5) is 12.6. The number of hydrogen-bond acceptors (Lipinski definition) is 5. The predicted molar refractivity (Wildman–Crippen MR) is 102 cm³/mol. The molecule has 0 N–H and O–H groups in total. The van der Waals surface area contributed by atoms with Gasteiger partial charge in [0, 0.05) is 5.02 Å². The van der Waals surface area contributed by atoms with Crippen molar-refractivity contribution in [3.05, 3.63) is 49.4 Å². The summed E-state index contributed by atoms with van der Waals surface area (Å²) in [7, 11) is 4.43. The fourth-order valence-electron chi connectivity index (χ4n) is 2.16. The van der Waals surface area contributed by atoms with Gasteiger partial charge in [0.1, 0.15) is 6.61 Å². The molecule has 0 saturated heterocycles. The van der Waals surface area contributed by atoms with Gasteiger partial charge in [-0.2, -0.15) is 0 Å². The van der Waals surface area contributed by atoms with Crippen molar-refractivity contribution in [2.24, 2.45) is 0 Å². The Kier molecular flexibility index (Phi) is 6.98. The van der Waals surface area contributed by atoms with Crippen LogP contribution in [0.1, 0.15) is 15.9 Å². The quantitative estimate of drug-likeness (QED) is 0.514. The molecule has 2 aromatic carbocycles. The molecule has 2 aromatic rings. The zero-order valence-corrected chi connectivity index (χ0v) is 17.6. The lowest BCUT2D eigenvalue weighted by molar-refractivity contribution is 0.0469. The van der Waals surface area contributed by atoms with Crippen molar-refractivity contribution in [1.82, 2.24) is 0 Å². The van der Waals surface area contributed by atoms with E-state index in [1.807, 2.05) is 0 Å². The number of benzene rings is 2. The summed E-state index contributed by atoms with van der Waals surface area (Å²) in [6, 6.07) is 7.04. The van der Waals surface area contributed by atoms with Crippen molar-refractivity contribution in [2.45, 2.75) is 6.61 Å². The molecule has 0 aliphatic carbocycles. The Morgan fingerprint density at radius 1 is 0.920 bits per heavy atom. The molecule has 0 aliphatic heterocycles. The third-order valence-electron chi connectivity index (χ3n) is 3.35. The standard InChI is InChI=1S/C17H15Br2ClO5/c1-22-14-12(18)11(13(19)15(23-2)16(14)24-3)17(21)25-8-9-4-6-10(20)7-5-9/h4-7H,8H2,1-3H3. The van der Waals surface area contributed by atoms with Crippen LogP contribution < -0.4 is 14.2 Å². The number of methoxy groups -OCH3 is 3. The zero-order valence-electron chi connectivity index (χ0n) is 13.7. The number of carbonyl (C=O) groups is 1. The van der Waals surface area contributed by atoms with Gasteiger partial charge in [-0.25, -0.2) is 4.79 Å². The lowest BCUT2D eigenvalue weighted by Crippen LogP contribution is -2.10. The molecule has 0 aliphatic rings. The number of carbonyl (C=O) groups excluding carboxylic acids is 1. The highest BCUT2D eigenvalue weighted by atomic mass is 79.9. The lowest BCUT2D eigenvalue weighted by Gasteiger charge is -2.18. The fourth-order valence-corrected chi connectivity index (χ4v) is 3.95. The molecular formula is C17H15Br2ClO5. The highest BCUT2D eigenvalue weighted by Crippen LogP contribution is 2.50. The van der Waals surface area contributed by atoms with Gasteiger partial charge in [0.05, 0.1) is 35.8 Å². The minimum atomic E-state index is -0.548. The molecule has 0 radical (unpaired) electrons. The molecule has 0 amide bonds. The van der Waals surface area contributed by atoms with E-state index in [0.29, 0.717) is 31.2 Å². The summed E-state index contributed by atoms with van der Waals surface area (Å²) >= 11 is 12.6. The summed E-state index contributed by atoms with van der Waals surface area (Å²) in [6.07, 6.45) is 0. The van der Waals surface area contributed by atoms with Crippen LogP contribution in [0.25, 0.3) is 0 Å². The summed E-state index contributed by atoms with van der Waals surface area (Å²) in [5, 5.41) is 0.616. The Morgan fingerprint density at radius 3 is 1.84 bits per heavy atom. The van der Waals surface area contributed by atoms with E-state index in [9.17, 15) is 4.79 Å². The Morgan fingerprint density at radius 2 is 1.40 bits per heavy atom. The third-order valence-corrected chi connectivity index (χ3v) is 5.12. The van der Waals surface area contributed by atoms with Gasteiger partial charge in [-0.15, -0.1) is 0 Å². The van der Waals surface area contributed by atoms with Crippen LogP contribution in [0.3, 0.4) is 0 Å².